The number of hydrogen-bond donors (Lipinski definition) is 3. The minimum atomic E-state index is -0.840. The van der Waals surface area contributed by atoms with Crippen molar-refractivity contribution >= 4 is 11.9 Å². The Hall–Kier alpha value is -1.18. The van der Waals surface area contributed by atoms with E-state index in [1.54, 1.807) is 14.0 Å². The smallest absolute Gasteiger partial charge is 0.318 e. The van der Waals surface area contributed by atoms with Crippen molar-refractivity contribution in [1.29, 1.82) is 0 Å². The summed E-state index contributed by atoms with van der Waals surface area (Å²) in [6.45, 7) is 4.05. The van der Waals surface area contributed by atoms with E-state index in [1.807, 2.05) is 4.90 Å². The van der Waals surface area contributed by atoms with Gasteiger partial charge in [0, 0.05) is 20.2 Å². The van der Waals surface area contributed by atoms with Crippen molar-refractivity contribution in [3.05, 3.63) is 0 Å². The molecule has 0 radical (unpaired) electrons. The Bertz CT molecular complexity index is 240. The number of nitrogens with zero attached hydrogens (tertiary/aromatic N) is 1. The Kier molecular flexibility index (Phi) is 8.29. The highest BCUT2D eigenvalue weighted by atomic mass is 16.5. The maximum absolute atomic E-state index is 11.6. The topological polar surface area (TPSA) is 111 Å². The number of carbonyl (C=O) groups excluding carboxylic acids is 2. The molecule has 0 spiro atoms. The largest absolute Gasteiger partial charge is 0.383 e. The maximum Gasteiger partial charge on any atom is 0.318 e. The molecule has 0 aromatic carbocycles. The van der Waals surface area contributed by atoms with Crippen LogP contribution in [0.4, 0.5) is 4.79 Å². The third-order valence-corrected chi connectivity index (χ3v) is 2.41. The number of hydrogen-bond acceptors (Lipinski definition) is 5. The van der Waals surface area contributed by atoms with Crippen LogP contribution in [0.25, 0.3) is 0 Å². The van der Waals surface area contributed by atoms with Crippen molar-refractivity contribution in [2.45, 2.75) is 19.4 Å². The van der Waals surface area contributed by atoms with Gasteiger partial charge >= 0.3 is 6.03 Å². The fourth-order valence-electron chi connectivity index (χ4n) is 1.39. The molecule has 0 aliphatic carbocycles. The van der Waals surface area contributed by atoms with Crippen LogP contribution in [0.1, 0.15) is 13.3 Å². The third kappa shape index (κ3) is 6.88. The van der Waals surface area contributed by atoms with Gasteiger partial charge in [0.15, 0.2) is 0 Å². The van der Waals surface area contributed by atoms with Crippen LogP contribution < -0.4 is 16.8 Å². The first-order chi connectivity index (χ1) is 8.02. The summed E-state index contributed by atoms with van der Waals surface area (Å²) in [4.78, 5) is 24.1. The van der Waals surface area contributed by atoms with Gasteiger partial charge in [-0.1, -0.05) is 0 Å². The van der Waals surface area contributed by atoms with Crippen LogP contribution in [0, 0.1) is 0 Å². The summed E-state index contributed by atoms with van der Waals surface area (Å²) in [5, 5.41) is 2.06. The number of rotatable bonds is 8. The monoisotopic (exact) mass is 246 g/mol. The molecule has 3 amide bonds. The second-order valence-electron chi connectivity index (χ2n) is 3.70. The van der Waals surface area contributed by atoms with E-state index in [9.17, 15) is 9.59 Å². The number of urea groups is 1. The summed E-state index contributed by atoms with van der Waals surface area (Å²) in [6, 6.07) is -1.28. The van der Waals surface area contributed by atoms with Crippen LogP contribution in [0.2, 0.25) is 0 Å². The molecular formula is C10H22N4O3. The first-order valence-electron chi connectivity index (χ1n) is 5.56. The lowest BCUT2D eigenvalue weighted by molar-refractivity contribution is -0.124. The first kappa shape index (κ1) is 15.8. The number of amides is 3. The van der Waals surface area contributed by atoms with Gasteiger partial charge in [0.1, 0.15) is 0 Å². The lowest BCUT2D eigenvalue weighted by Gasteiger charge is -2.27. The Morgan fingerprint density at radius 2 is 2.06 bits per heavy atom. The van der Waals surface area contributed by atoms with Gasteiger partial charge in [-0.3, -0.25) is 15.0 Å². The minimum absolute atomic E-state index is 0.411. The van der Waals surface area contributed by atoms with Crippen LogP contribution in [0.15, 0.2) is 0 Å². The number of methoxy groups -OCH3 is 1. The van der Waals surface area contributed by atoms with Gasteiger partial charge < -0.3 is 16.2 Å². The quantitative estimate of drug-likeness (QED) is 0.501. The summed E-state index contributed by atoms with van der Waals surface area (Å²) in [5.74, 6) is -0.411. The molecule has 0 saturated carbocycles. The van der Waals surface area contributed by atoms with E-state index in [4.69, 9.17) is 16.2 Å². The average molecular weight is 246 g/mol. The van der Waals surface area contributed by atoms with Crippen molar-refractivity contribution < 1.29 is 14.3 Å². The highest BCUT2D eigenvalue weighted by Gasteiger charge is 2.21. The molecule has 7 nitrogen and oxygen atoms in total. The van der Waals surface area contributed by atoms with Gasteiger partial charge in [-0.2, -0.15) is 0 Å². The number of carbonyl (C=O) groups is 2. The van der Waals surface area contributed by atoms with Gasteiger partial charge in [-0.25, -0.2) is 4.79 Å². The Balaban J connectivity index is 4.32. The van der Waals surface area contributed by atoms with Crippen LogP contribution in [-0.2, 0) is 9.53 Å². The van der Waals surface area contributed by atoms with Crippen LogP contribution in [-0.4, -0.2) is 56.2 Å². The molecule has 0 aliphatic rings. The molecule has 7 heteroatoms. The predicted octanol–water partition coefficient (Wildman–Crippen LogP) is -1.13. The molecule has 0 bridgehead atoms. The Morgan fingerprint density at radius 1 is 1.41 bits per heavy atom. The first-order valence-corrected chi connectivity index (χ1v) is 5.56. The molecule has 0 aliphatic heterocycles. The molecule has 0 aromatic heterocycles. The zero-order valence-electron chi connectivity index (χ0n) is 10.4. The standard InChI is InChI=1S/C10H22N4O3/c1-8(9(15)13-10(12)16)14(5-3-4-11)6-7-17-2/h8H,3-7,11H2,1-2H3,(H3,12,13,15,16). The Morgan fingerprint density at radius 3 is 2.53 bits per heavy atom. The maximum atomic E-state index is 11.6. The number of imide groups is 1. The zero-order chi connectivity index (χ0) is 13.3. The lowest BCUT2D eigenvalue weighted by atomic mass is 10.2. The van der Waals surface area contributed by atoms with Crippen molar-refractivity contribution in [3.63, 3.8) is 0 Å². The molecule has 5 N–H and O–H groups in total. The Labute approximate surface area is 101 Å². The molecule has 0 heterocycles. The number of ether oxygens (including phenoxy) is 1. The lowest BCUT2D eigenvalue weighted by Crippen LogP contribution is -2.49. The van der Waals surface area contributed by atoms with E-state index < -0.39 is 18.0 Å². The fraction of sp³-hybridized carbons (Fsp3) is 0.800. The summed E-state index contributed by atoms with van der Waals surface area (Å²) in [5.41, 5.74) is 10.3. The predicted molar refractivity (Wildman–Crippen MR) is 64.3 cm³/mol. The van der Waals surface area contributed by atoms with Gasteiger partial charge in [0.05, 0.1) is 12.6 Å². The van der Waals surface area contributed by atoms with Crippen molar-refractivity contribution in [2.24, 2.45) is 11.5 Å². The van der Waals surface area contributed by atoms with Gasteiger partial charge in [0.2, 0.25) is 5.91 Å². The third-order valence-electron chi connectivity index (χ3n) is 2.41. The van der Waals surface area contributed by atoms with Crippen LogP contribution in [0.5, 0.6) is 0 Å². The second kappa shape index (κ2) is 8.91. The molecular weight excluding hydrogens is 224 g/mol. The van der Waals surface area contributed by atoms with Crippen LogP contribution in [0.3, 0.4) is 0 Å². The molecule has 1 unspecified atom stereocenters. The van der Waals surface area contributed by atoms with E-state index >= 15 is 0 Å². The number of nitrogens with two attached hydrogens (primary N) is 2. The summed E-state index contributed by atoms with van der Waals surface area (Å²) < 4.78 is 4.97. The summed E-state index contributed by atoms with van der Waals surface area (Å²) in [7, 11) is 1.59. The van der Waals surface area contributed by atoms with Gasteiger partial charge in [0.25, 0.3) is 0 Å². The van der Waals surface area contributed by atoms with Crippen molar-refractivity contribution in [3.8, 4) is 0 Å². The van der Waals surface area contributed by atoms with E-state index in [0.717, 1.165) is 6.42 Å². The molecule has 100 valence electrons. The SMILES string of the molecule is COCCN(CCCN)C(C)C(=O)NC(N)=O. The van der Waals surface area contributed by atoms with Crippen molar-refractivity contribution in [2.75, 3.05) is 33.4 Å². The average Bonchev–Trinajstić information content (AvgIpc) is 2.27. The normalized spacial score (nSPS) is 12.5. The highest BCUT2D eigenvalue weighted by molar-refractivity contribution is 5.96. The van der Waals surface area contributed by atoms with Crippen LogP contribution >= 0.6 is 0 Å². The number of primary amides is 1. The molecule has 0 saturated heterocycles. The van der Waals surface area contributed by atoms with E-state index in [2.05, 4.69) is 5.32 Å². The summed E-state index contributed by atoms with van der Waals surface area (Å²) in [6.07, 6.45) is 0.776. The fourth-order valence-corrected chi connectivity index (χ4v) is 1.39. The second-order valence-corrected chi connectivity index (χ2v) is 3.70. The van der Waals surface area contributed by atoms with E-state index in [-0.39, 0.29) is 0 Å². The zero-order valence-corrected chi connectivity index (χ0v) is 10.4. The summed E-state index contributed by atoms with van der Waals surface area (Å²) >= 11 is 0. The van der Waals surface area contributed by atoms with Gasteiger partial charge in [-0.15, -0.1) is 0 Å². The van der Waals surface area contributed by atoms with Gasteiger partial charge in [-0.05, 0) is 19.9 Å². The minimum Gasteiger partial charge on any atom is -0.383 e. The molecule has 1 atom stereocenters. The molecule has 0 aromatic rings. The molecule has 0 fully saturated rings. The van der Waals surface area contributed by atoms with Crippen molar-refractivity contribution in [1.82, 2.24) is 10.2 Å². The number of nitrogens with one attached hydrogen (secondary N) is 1. The molecule has 0 rings (SSSR count). The highest BCUT2D eigenvalue weighted by Crippen LogP contribution is 2.00. The molecule has 17 heavy (non-hydrogen) atoms. The van der Waals surface area contributed by atoms with E-state index in [1.165, 1.54) is 0 Å². The van der Waals surface area contributed by atoms with E-state index in [0.29, 0.717) is 26.2 Å².